The van der Waals surface area contributed by atoms with Gasteiger partial charge in [0.15, 0.2) is 0 Å². The molecule has 2 aliphatic rings. The van der Waals surface area contributed by atoms with Crippen molar-refractivity contribution in [1.29, 1.82) is 0 Å². The van der Waals surface area contributed by atoms with Crippen molar-refractivity contribution in [3.63, 3.8) is 0 Å². The van der Waals surface area contributed by atoms with Crippen LogP contribution in [0.3, 0.4) is 0 Å². The Labute approximate surface area is 139 Å². The minimum Gasteiger partial charge on any atom is -0.508 e. The Balaban J connectivity index is 2.01. The van der Waals surface area contributed by atoms with E-state index < -0.39 is 5.60 Å². The number of phenolic OH excluding ortho intramolecular Hbond substituents is 1. The fourth-order valence-corrected chi connectivity index (χ4v) is 4.96. The Bertz CT molecular complexity index is 593. The molecule has 1 aromatic rings. The van der Waals surface area contributed by atoms with Crippen LogP contribution in [0.15, 0.2) is 12.1 Å². The molecule has 3 atom stereocenters. The van der Waals surface area contributed by atoms with E-state index in [1.165, 1.54) is 0 Å². The fourth-order valence-electron chi connectivity index (χ4n) is 4.96. The Hall–Kier alpha value is -1.06. The van der Waals surface area contributed by atoms with Crippen molar-refractivity contribution in [2.24, 2.45) is 11.3 Å². The summed E-state index contributed by atoms with van der Waals surface area (Å²) >= 11 is 0. The van der Waals surface area contributed by atoms with Gasteiger partial charge in [-0.15, -0.1) is 0 Å². The van der Waals surface area contributed by atoms with Crippen LogP contribution in [0.4, 0.5) is 0 Å². The molecule has 3 heteroatoms. The molecule has 0 radical (unpaired) electrons. The zero-order valence-electron chi connectivity index (χ0n) is 14.6. The van der Waals surface area contributed by atoms with Gasteiger partial charge in [-0.05, 0) is 59.8 Å². The van der Waals surface area contributed by atoms with Crippen molar-refractivity contribution in [3.8, 4) is 5.75 Å². The molecule has 0 unspecified atom stereocenters. The van der Waals surface area contributed by atoms with Crippen LogP contribution in [0.2, 0.25) is 0 Å². The first-order valence-corrected chi connectivity index (χ1v) is 8.95. The Morgan fingerprint density at radius 1 is 1.26 bits per heavy atom. The highest BCUT2D eigenvalue weighted by Gasteiger charge is 2.49. The van der Waals surface area contributed by atoms with E-state index in [-0.39, 0.29) is 29.6 Å². The molecule has 1 saturated carbocycles. The number of rotatable bonds is 2. The van der Waals surface area contributed by atoms with Gasteiger partial charge in [0.2, 0.25) is 0 Å². The topological polar surface area (TPSA) is 60.7 Å². The van der Waals surface area contributed by atoms with Gasteiger partial charge in [0.25, 0.3) is 0 Å². The van der Waals surface area contributed by atoms with Crippen molar-refractivity contribution in [2.75, 3.05) is 6.61 Å². The molecule has 2 aliphatic carbocycles. The van der Waals surface area contributed by atoms with Crippen LogP contribution >= 0.6 is 0 Å². The van der Waals surface area contributed by atoms with Gasteiger partial charge in [-0.2, -0.15) is 0 Å². The van der Waals surface area contributed by atoms with E-state index in [1.54, 1.807) is 6.07 Å². The number of hydrogen-bond donors (Lipinski definition) is 3. The van der Waals surface area contributed by atoms with Crippen LogP contribution in [0.5, 0.6) is 5.75 Å². The summed E-state index contributed by atoms with van der Waals surface area (Å²) in [5.41, 5.74) is 2.50. The highest BCUT2D eigenvalue weighted by molar-refractivity contribution is 5.46. The van der Waals surface area contributed by atoms with E-state index >= 15 is 0 Å². The molecule has 0 bridgehead atoms. The molecule has 1 aromatic carbocycles. The van der Waals surface area contributed by atoms with E-state index in [2.05, 4.69) is 19.9 Å². The standard InChI is InChI=1S/C20H30O3/c1-13(12-21)15-9-14-5-6-18-19(2,3)7-4-8-20(18,23)11-16(14)17(22)10-15/h9-10,13,18,21-23H,4-8,11-12H2,1-3H3/t13-,18+,20+/m1/s1. The van der Waals surface area contributed by atoms with E-state index in [4.69, 9.17) is 0 Å². The first-order valence-electron chi connectivity index (χ1n) is 8.95. The van der Waals surface area contributed by atoms with Gasteiger partial charge in [0.1, 0.15) is 5.75 Å². The van der Waals surface area contributed by atoms with Gasteiger partial charge >= 0.3 is 0 Å². The van der Waals surface area contributed by atoms with Gasteiger partial charge < -0.3 is 15.3 Å². The molecule has 0 amide bonds. The molecule has 3 nitrogen and oxygen atoms in total. The molecule has 3 N–H and O–H groups in total. The molecule has 0 saturated heterocycles. The average molecular weight is 318 g/mol. The van der Waals surface area contributed by atoms with E-state index in [0.717, 1.165) is 48.8 Å². The molecule has 0 spiro atoms. The Morgan fingerprint density at radius 3 is 2.70 bits per heavy atom. The molecule has 0 aromatic heterocycles. The summed E-state index contributed by atoms with van der Waals surface area (Å²) in [5, 5.41) is 31.3. The van der Waals surface area contributed by atoms with Crippen LogP contribution in [0.1, 0.15) is 69.1 Å². The van der Waals surface area contributed by atoms with Crippen LogP contribution in [0.25, 0.3) is 0 Å². The highest BCUT2D eigenvalue weighted by atomic mass is 16.3. The number of aromatic hydroxyl groups is 1. The predicted molar refractivity (Wildman–Crippen MR) is 91.7 cm³/mol. The summed E-state index contributed by atoms with van der Waals surface area (Å²) in [6.07, 6.45) is 5.45. The first kappa shape index (κ1) is 16.8. The lowest BCUT2D eigenvalue weighted by Crippen LogP contribution is -2.50. The van der Waals surface area contributed by atoms with Gasteiger partial charge in [0.05, 0.1) is 5.60 Å². The lowest BCUT2D eigenvalue weighted by molar-refractivity contribution is -0.102. The smallest absolute Gasteiger partial charge is 0.119 e. The monoisotopic (exact) mass is 318 g/mol. The second kappa shape index (κ2) is 5.78. The Morgan fingerprint density at radius 2 is 2.00 bits per heavy atom. The van der Waals surface area contributed by atoms with Crippen molar-refractivity contribution in [2.45, 2.75) is 70.8 Å². The highest BCUT2D eigenvalue weighted by Crippen LogP contribution is 2.52. The largest absolute Gasteiger partial charge is 0.508 e. The number of aliphatic hydroxyl groups excluding tert-OH is 1. The zero-order valence-corrected chi connectivity index (χ0v) is 14.6. The minimum atomic E-state index is -0.700. The molecular weight excluding hydrogens is 288 g/mol. The quantitative estimate of drug-likeness (QED) is 0.782. The summed E-state index contributed by atoms with van der Waals surface area (Å²) < 4.78 is 0. The van der Waals surface area contributed by atoms with Crippen LogP contribution < -0.4 is 0 Å². The third kappa shape index (κ3) is 2.89. The maximum atomic E-state index is 11.4. The summed E-state index contributed by atoms with van der Waals surface area (Å²) in [4.78, 5) is 0. The maximum Gasteiger partial charge on any atom is 0.119 e. The van der Waals surface area contributed by atoms with Crippen molar-refractivity contribution < 1.29 is 15.3 Å². The summed E-state index contributed by atoms with van der Waals surface area (Å²) in [6, 6.07) is 3.90. The lowest BCUT2D eigenvalue weighted by Gasteiger charge is -2.49. The predicted octanol–water partition coefficient (Wildman–Crippen LogP) is 3.53. The second-order valence-corrected chi connectivity index (χ2v) is 8.48. The number of phenols is 1. The fraction of sp³-hybridized carbons (Fsp3) is 0.700. The minimum absolute atomic E-state index is 0.0243. The molecule has 1 fully saturated rings. The van der Waals surface area contributed by atoms with E-state index in [0.29, 0.717) is 6.42 Å². The SMILES string of the molecule is C[C@H](CO)c1cc(O)c2c(c1)CC[C@H]1C(C)(C)CCC[C@]1(O)C2. The molecule has 128 valence electrons. The first-order chi connectivity index (χ1) is 10.8. The Kier molecular flexibility index (Phi) is 4.22. The zero-order chi connectivity index (χ0) is 16.8. The van der Waals surface area contributed by atoms with E-state index in [9.17, 15) is 15.3 Å². The molecule has 0 aliphatic heterocycles. The maximum absolute atomic E-state index is 11.4. The van der Waals surface area contributed by atoms with Gasteiger partial charge in [0, 0.05) is 18.9 Å². The van der Waals surface area contributed by atoms with Gasteiger partial charge in [-0.25, -0.2) is 0 Å². The number of benzene rings is 1. The normalized spacial score (nSPS) is 30.9. The summed E-state index contributed by atoms with van der Waals surface area (Å²) in [7, 11) is 0. The molecular formula is C20H30O3. The summed E-state index contributed by atoms with van der Waals surface area (Å²) in [6.45, 7) is 6.60. The van der Waals surface area contributed by atoms with E-state index in [1.807, 2.05) is 6.92 Å². The van der Waals surface area contributed by atoms with Crippen LogP contribution in [-0.4, -0.2) is 27.5 Å². The number of aliphatic hydroxyl groups is 2. The molecule has 0 heterocycles. The molecule has 3 rings (SSSR count). The van der Waals surface area contributed by atoms with Gasteiger partial charge in [-0.3, -0.25) is 0 Å². The van der Waals surface area contributed by atoms with Crippen molar-refractivity contribution in [1.82, 2.24) is 0 Å². The van der Waals surface area contributed by atoms with Crippen molar-refractivity contribution in [3.05, 3.63) is 28.8 Å². The van der Waals surface area contributed by atoms with Gasteiger partial charge in [-0.1, -0.05) is 33.3 Å². The summed E-state index contributed by atoms with van der Waals surface area (Å²) in [5.74, 6) is 0.584. The number of fused-ring (bicyclic) bond motifs is 2. The number of aryl methyl sites for hydroxylation is 1. The van der Waals surface area contributed by atoms with Crippen LogP contribution in [0, 0.1) is 11.3 Å². The lowest BCUT2D eigenvalue weighted by atomic mass is 9.59. The number of hydrogen-bond acceptors (Lipinski definition) is 3. The third-order valence-corrected chi connectivity index (χ3v) is 6.39. The van der Waals surface area contributed by atoms with Crippen LogP contribution in [-0.2, 0) is 12.8 Å². The molecule has 23 heavy (non-hydrogen) atoms. The van der Waals surface area contributed by atoms with Crippen molar-refractivity contribution >= 4 is 0 Å². The second-order valence-electron chi connectivity index (χ2n) is 8.48. The third-order valence-electron chi connectivity index (χ3n) is 6.39. The average Bonchev–Trinajstić information content (AvgIpc) is 2.63.